The number of carbonyl (C=O) groups excluding carboxylic acids is 1. The molecular weight excluding hydrogens is 306 g/mol. The summed E-state index contributed by atoms with van der Waals surface area (Å²) in [5, 5.41) is 14.6. The summed E-state index contributed by atoms with van der Waals surface area (Å²) in [4.78, 5) is 12.5. The molecule has 24 heavy (non-hydrogen) atoms. The number of hydrogen-bond acceptors (Lipinski definition) is 4. The van der Waals surface area contributed by atoms with Gasteiger partial charge in [-0.25, -0.2) is 0 Å². The topological polar surface area (TPSA) is 67.8 Å². The molecule has 0 saturated heterocycles. The number of amides is 1. The molecule has 0 unspecified atom stereocenters. The van der Waals surface area contributed by atoms with Gasteiger partial charge in [-0.3, -0.25) is 4.79 Å². The molecule has 1 amide bonds. The van der Waals surface area contributed by atoms with Crippen LogP contribution in [0.25, 0.3) is 10.8 Å². The molecule has 0 heterocycles. The van der Waals surface area contributed by atoms with Gasteiger partial charge in [0.05, 0.1) is 19.8 Å². The Hall–Kier alpha value is -3.21. The van der Waals surface area contributed by atoms with Crippen LogP contribution in [0.3, 0.4) is 0 Å². The van der Waals surface area contributed by atoms with Crippen LogP contribution in [0, 0.1) is 0 Å². The molecule has 5 nitrogen and oxygen atoms in total. The summed E-state index contributed by atoms with van der Waals surface area (Å²) in [6.45, 7) is 0. The summed E-state index contributed by atoms with van der Waals surface area (Å²) in [6.07, 6.45) is 0. The van der Waals surface area contributed by atoms with E-state index in [2.05, 4.69) is 5.32 Å². The first-order chi connectivity index (χ1) is 11.6. The molecule has 3 aromatic carbocycles. The van der Waals surface area contributed by atoms with Gasteiger partial charge in [0.2, 0.25) is 0 Å². The molecule has 0 radical (unpaired) electrons. The maximum atomic E-state index is 12.5. The number of phenolic OH excluding ortho intramolecular Hbond substituents is 1. The summed E-state index contributed by atoms with van der Waals surface area (Å²) in [7, 11) is 3.16. The molecule has 0 aliphatic heterocycles. The van der Waals surface area contributed by atoms with Crippen molar-refractivity contribution >= 4 is 22.4 Å². The van der Waals surface area contributed by atoms with E-state index < -0.39 is 0 Å². The van der Waals surface area contributed by atoms with Crippen LogP contribution in [0.4, 0.5) is 5.69 Å². The minimum Gasteiger partial charge on any atom is -0.507 e. The number of fused-ring (bicyclic) bond motifs is 1. The second-order valence-corrected chi connectivity index (χ2v) is 5.27. The predicted molar refractivity (Wildman–Crippen MR) is 93.1 cm³/mol. The van der Waals surface area contributed by atoms with Crippen LogP contribution >= 0.6 is 0 Å². The Kier molecular flexibility index (Phi) is 4.24. The van der Waals surface area contributed by atoms with Crippen molar-refractivity contribution in [1.29, 1.82) is 0 Å². The van der Waals surface area contributed by atoms with Crippen molar-refractivity contribution in [3.8, 4) is 17.2 Å². The van der Waals surface area contributed by atoms with E-state index in [0.29, 0.717) is 17.2 Å². The fraction of sp³-hybridized carbons (Fsp3) is 0.105. The van der Waals surface area contributed by atoms with Crippen molar-refractivity contribution in [3.05, 3.63) is 60.2 Å². The second kappa shape index (κ2) is 6.50. The molecule has 0 saturated carbocycles. The fourth-order valence-corrected chi connectivity index (χ4v) is 2.45. The number of phenols is 1. The summed E-state index contributed by atoms with van der Waals surface area (Å²) in [5.41, 5.74) is 0.817. The average Bonchev–Trinajstić information content (AvgIpc) is 2.61. The van der Waals surface area contributed by atoms with Gasteiger partial charge in [0.1, 0.15) is 17.2 Å². The van der Waals surface area contributed by atoms with Gasteiger partial charge in [-0.2, -0.15) is 0 Å². The van der Waals surface area contributed by atoms with Crippen LogP contribution in [0.2, 0.25) is 0 Å². The number of anilines is 1. The van der Waals surface area contributed by atoms with Crippen LogP contribution in [-0.2, 0) is 0 Å². The smallest absolute Gasteiger partial charge is 0.259 e. The lowest BCUT2D eigenvalue weighted by molar-refractivity contribution is 0.102. The zero-order valence-corrected chi connectivity index (χ0v) is 13.4. The van der Waals surface area contributed by atoms with Crippen molar-refractivity contribution in [2.45, 2.75) is 0 Å². The molecule has 0 aliphatic rings. The summed E-state index contributed by atoms with van der Waals surface area (Å²) >= 11 is 0. The van der Waals surface area contributed by atoms with E-state index in [-0.39, 0.29) is 17.2 Å². The molecule has 0 atom stereocenters. The Bertz CT molecular complexity index is 888. The Morgan fingerprint density at radius 3 is 2.21 bits per heavy atom. The number of hydrogen-bond donors (Lipinski definition) is 2. The van der Waals surface area contributed by atoms with E-state index in [1.54, 1.807) is 56.7 Å². The fourth-order valence-electron chi connectivity index (χ4n) is 2.45. The van der Waals surface area contributed by atoms with Gasteiger partial charge < -0.3 is 19.9 Å². The van der Waals surface area contributed by atoms with Crippen LogP contribution in [0.5, 0.6) is 17.2 Å². The number of rotatable bonds is 4. The lowest BCUT2D eigenvalue weighted by Gasteiger charge is -2.10. The average molecular weight is 323 g/mol. The standard InChI is InChI=1S/C19H17NO4/c1-23-15-7-4-14(5-8-15)20-19(22)17-10-13-9-16(24-2)6-3-12(13)11-18(17)21/h3-11,21H,1-2H3,(H,20,22). The van der Waals surface area contributed by atoms with Crippen LogP contribution < -0.4 is 14.8 Å². The van der Waals surface area contributed by atoms with Gasteiger partial charge in [0.25, 0.3) is 5.91 Å². The number of nitrogens with one attached hydrogen (secondary N) is 1. The molecular formula is C19H17NO4. The van der Waals surface area contributed by atoms with E-state index in [9.17, 15) is 9.90 Å². The van der Waals surface area contributed by atoms with Gasteiger partial charge in [-0.05, 0) is 59.3 Å². The van der Waals surface area contributed by atoms with Crippen molar-refractivity contribution in [2.75, 3.05) is 19.5 Å². The molecule has 0 aliphatic carbocycles. The van der Waals surface area contributed by atoms with E-state index in [1.807, 2.05) is 12.1 Å². The highest BCUT2D eigenvalue weighted by molar-refractivity contribution is 6.08. The van der Waals surface area contributed by atoms with Gasteiger partial charge in [-0.15, -0.1) is 0 Å². The molecule has 3 rings (SSSR count). The van der Waals surface area contributed by atoms with Crippen LogP contribution in [0.15, 0.2) is 54.6 Å². The highest BCUT2D eigenvalue weighted by Gasteiger charge is 2.13. The van der Waals surface area contributed by atoms with Crippen LogP contribution in [-0.4, -0.2) is 25.2 Å². The maximum Gasteiger partial charge on any atom is 0.259 e. The zero-order valence-electron chi connectivity index (χ0n) is 13.4. The highest BCUT2D eigenvalue weighted by atomic mass is 16.5. The molecule has 122 valence electrons. The molecule has 3 aromatic rings. The SMILES string of the molecule is COc1ccc(NC(=O)c2cc3cc(OC)ccc3cc2O)cc1. The molecule has 0 bridgehead atoms. The second-order valence-electron chi connectivity index (χ2n) is 5.27. The number of methoxy groups -OCH3 is 2. The number of carbonyl (C=O) groups is 1. The van der Waals surface area contributed by atoms with Crippen molar-refractivity contribution in [3.63, 3.8) is 0 Å². The quantitative estimate of drug-likeness (QED) is 0.766. The lowest BCUT2D eigenvalue weighted by Crippen LogP contribution is -2.12. The maximum absolute atomic E-state index is 12.5. The minimum absolute atomic E-state index is 0.0707. The summed E-state index contributed by atoms with van der Waals surface area (Å²) in [5.74, 6) is 0.935. The molecule has 0 aromatic heterocycles. The third-order valence-electron chi connectivity index (χ3n) is 3.75. The van der Waals surface area contributed by atoms with Crippen LogP contribution in [0.1, 0.15) is 10.4 Å². The van der Waals surface area contributed by atoms with Crippen molar-refractivity contribution < 1.29 is 19.4 Å². The van der Waals surface area contributed by atoms with E-state index in [0.717, 1.165) is 10.8 Å². The van der Waals surface area contributed by atoms with Crippen molar-refractivity contribution in [2.24, 2.45) is 0 Å². The van der Waals surface area contributed by atoms with E-state index in [4.69, 9.17) is 9.47 Å². The summed E-state index contributed by atoms with van der Waals surface area (Å²) < 4.78 is 10.3. The first-order valence-electron chi connectivity index (χ1n) is 7.37. The Morgan fingerprint density at radius 2 is 1.54 bits per heavy atom. The highest BCUT2D eigenvalue weighted by Crippen LogP contribution is 2.28. The molecule has 0 spiro atoms. The lowest BCUT2D eigenvalue weighted by atomic mass is 10.0. The molecule has 2 N–H and O–H groups in total. The van der Waals surface area contributed by atoms with E-state index in [1.165, 1.54) is 0 Å². The summed E-state index contributed by atoms with van der Waals surface area (Å²) in [6, 6.07) is 15.6. The first kappa shape index (κ1) is 15.7. The zero-order chi connectivity index (χ0) is 17.1. The Morgan fingerprint density at radius 1 is 0.875 bits per heavy atom. The Labute approximate surface area is 139 Å². The van der Waals surface area contributed by atoms with Crippen molar-refractivity contribution in [1.82, 2.24) is 0 Å². The molecule has 0 fully saturated rings. The van der Waals surface area contributed by atoms with Gasteiger partial charge in [0, 0.05) is 5.69 Å². The van der Waals surface area contributed by atoms with Gasteiger partial charge >= 0.3 is 0 Å². The number of aromatic hydroxyl groups is 1. The monoisotopic (exact) mass is 323 g/mol. The Balaban J connectivity index is 1.91. The van der Waals surface area contributed by atoms with E-state index >= 15 is 0 Å². The number of ether oxygens (including phenoxy) is 2. The van der Waals surface area contributed by atoms with Gasteiger partial charge in [0.15, 0.2) is 0 Å². The normalized spacial score (nSPS) is 10.4. The third kappa shape index (κ3) is 3.10. The first-order valence-corrected chi connectivity index (χ1v) is 7.37. The minimum atomic E-state index is -0.387. The largest absolute Gasteiger partial charge is 0.507 e. The number of benzene rings is 3. The van der Waals surface area contributed by atoms with Gasteiger partial charge in [-0.1, -0.05) is 6.07 Å². The third-order valence-corrected chi connectivity index (χ3v) is 3.75. The molecule has 5 heteroatoms. The predicted octanol–water partition coefficient (Wildman–Crippen LogP) is 3.81.